The fourth-order valence-corrected chi connectivity index (χ4v) is 3.58. The van der Waals surface area contributed by atoms with E-state index in [9.17, 15) is 4.79 Å². The fraction of sp³-hybridized carbons (Fsp3) is 0.722. The maximum absolute atomic E-state index is 12.1. The summed E-state index contributed by atoms with van der Waals surface area (Å²) in [4.78, 5) is 23.3. The molecule has 0 aliphatic carbocycles. The van der Waals surface area contributed by atoms with Crippen LogP contribution in [-0.2, 0) is 9.53 Å². The second kappa shape index (κ2) is 7.92. The molecule has 3 heterocycles. The molecule has 1 N–H and O–H groups in total. The Morgan fingerprint density at radius 2 is 2.08 bits per heavy atom. The molecular weight excluding hydrogens is 304 g/mol. The minimum absolute atomic E-state index is 0.165. The lowest BCUT2D eigenvalue weighted by Crippen LogP contribution is -2.45. The molecule has 2 fully saturated rings. The standard InChI is InChI=1S/C18H28N4O2/c1-13-12-17(20-14(2)19-13)22-9-7-15(8-10-22)21-18(23)6-5-16-4-3-11-24-16/h12,15-16H,3-11H2,1-2H3,(H,21,23)/t16-/m0/s1. The first kappa shape index (κ1) is 17.1. The number of carbonyl (C=O) groups is 1. The van der Waals surface area contributed by atoms with E-state index in [2.05, 4.69) is 20.2 Å². The van der Waals surface area contributed by atoms with Gasteiger partial charge in [0.25, 0.3) is 0 Å². The Hall–Kier alpha value is -1.69. The molecule has 0 aromatic carbocycles. The number of carbonyl (C=O) groups excluding carboxylic acids is 1. The second-order valence-electron chi connectivity index (χ2n) is 6.92. The van der Waals surface area contributed by atoms with Gasteiger partial charge in [-0.05, 0) is 46.0 Å². The minimum atomic E-state index is 0.165. The Balaban J connectivity index is 1.42. The van der Waals surface area contributed by atoms with E-state index in [1.165, 1.54) is 0 Å². The van der Waals surface area contributed by atoms with Crippen LogP contribution in [0.3, 0.4) is 0 Å². The van der Waals surface area contributed by atoms with Crippen LogP contribution in [0.4, 0.5) is 5.82 Å². The Bertz CT molecular complexity index is 544. The van der Waals surface area contributed by atoms with Crippen molar-refractivity contribution in [2.75, 3.05) is 24.6 Å². The van der Waals surface area contributed by atoms with Crippen LogP contribution in [0, 0.1) is 13.8 Å². The first-order chi connectivity index (χ1) is 11.6. The molecule has 2 saturated heterocycles. The van der Waals surface area contributed by atoms with Crippen molar-refractivity contribution in [3.8, 4) is 0 Å². The van der Waals surface area contributed by atoms with Crippen LogP contribution in [0.15, 0.2) is 6.07 Å². The van der Waals surface area contributed by atoms with Crippen molar-refractivity contribution in [1.82, 2.24) is 15.3 Å². The van der Waals surface area contributed by atoms with Gasteiger partial charge in [0, 0.05) is 43.9 Å². The summed E-state index contributed by atoms with van der Waals surface area (Å²) in [5.41, 5.74) is 1.00. The molecule has 0 saturated carbocycles. The summed E-state index contributed by atoms with van der Waals surface area (Å²) in [6.07, 6.45) is 5.89. The van der Waals surface area contributed by atoms with Gasteiger partial charge in [0.05, 0.1) is 6.10 Å². The predicted octanol–water partition coefficient (Wildman–Crippen LogP) is 2.14. The SMILES string of the molecule is Cc1cc(N2CCC(NC(=O)CC[C@@H]3CCCO3)CC2)nc(C)n1. The number of ether oxygens (including phenoxy) is 1. The first-order valence-corrected chi connectivity index (χ1v) is 9.08. The zero-order valence-electron chi connectivity index (χ0n) is 14.8. The molecule has 24 heavy (non-hydrogen) atoms. The number of amides is 1. The maximum Gasteiger partial charge on any atom is 0.220 e. The second-order valence-corrected chi connectivity index (χ2v) is 6.92. The monoisotopic (exact) mass is 332 g/mol. The summed E-state index contributed by atoms with van der Waals surface area (Å²) in [5.74, 6) is 1.98. The lowest BCUT2D eigenvalue weighted by molar-refractivity contribution is -0.122. The highest BCUT2D eigenvalue weighted by molar-refractivity contribution is 5.76. The lowest BCUT2D eigenvalue weighted by atomic mass is 10.0. The number of aromatic nitrogens is 2. The van der Waals surface area contributed by atoms with Gasteiger partial charge < -0.3 is 15.0 Å². The summed E-state index contributed by atoms with van der Waals surface area (Å²) in [6.45, 7) is 6.63. The molecule has 2 aliphatic rings. The van der Waals surface area contributed by atoms with E-state index in [1.54, 1.807) is 0 Å². The van der Waals surface area contributed by atoms with Gasteiger partial charge in [-0.1, -0.05) is 0 Å². The van der Waals surface area contributed by atoms with E-state index >= 15 is 0 Å². The third-order valence-corrected chi connectivity index (χ3v) is 4.85. The normalized spacial score (nSPS) is 21.9. The number of hydrogen-bond acceptors (Lipinski definition) is 5. The smallest absolute Gasteiger partial charge is 0.220 e. The highest BCUT2D eigenvalue weighted by Gasteiger charge is 2.23. The Morgan fingerprint density at radius 1 is 1.29 bits per heavy atom. The largest absolute Gasteiger partial charge is 0.378 e. The molecule has 0 spiro atoms. The number of aryl methyl sites for hydroxylation is 2. The van der Waals surface area contributed by atoms with E-state index in [0.29, 0.717) is 12.5 Å². The van der Waals surface area contributed by atoms with E-state index in [4.69, 9.17) is 4.74 Å². The van der Waals surface area contributed by atoms with Crippen molar-refractivity contribution in [3.05, 3.63) is 17.6 Å². The highest BCUT2D eigenvalue weighted by atomic mass is 16.5. The Morgan fingerprint density at radius 3 is 2.75 bits per heavy atom. The number of piperidine rings is 1. The van der Waals surface area contributed by atoms with E-state index < -0.39 is 0 Å². The van der Waals surface area contributed by atoms with Crippen LogP contribution < -0.4 is 10.2 Å². The molecule has 0 bridgehead atoms. The molecule has 2 aliphatic heterocycles. The Labute approximate surface area is 144 Å². The van der Waals surface area contributed by atoms with Gasteiger partial charge in [-0.25, -0.2) is 9.97 Å². The number of nitrogens with one attached hydrogen (secondary N) is 1. The van der Waals surface area contributed by atoms with Crippen molar-refractivity contribution in [2.24, 2.45) is 0 Å². The number of hydrogen-bond donors (Lipinski definition) is 1. The molecule has 1 amide bonds. The van der Waals surface area contributed by atoms with Crippen molar-refractivity contribution < 1.29 is 9.53 Å². The van der Waals surface area contributed by atoms with Gasteiger partial charge in [0.2, 0.25) is 5.91 Å². The summed E-state index contributed by atoms with van der Waals surface area (Å²) < 4.78 is 5.58. The van der Waals surface area contributed by atoms with Gasteiger partial charge in [-0.3, -0.25) is 4.79 Å². The first-order valence-electron chi connectivity index (χ1n) is 9.08. The van der Waals surface area contributed by atoms with Gasteiger partial charge >= 0.3 is 0 Å². The molecule has 1 aromatic rings. The maximum atomic E-state index is 12.1. The lowest BCUT2D eigenvalue weighted by Gasteiger charge is -2.33. The minimum Gasteiger partial charge on any atom is -0.378 e. The molecule has 0 radical (unpaired) electrons. The molecule has 6 heteroatoms. The quantitative estimate of drug-likeness (QED) is 0.895. The predicted molar refractivity (Wildman–Crippen MR) is 93.1 cm³/mol. The van der Waals surface area contributed by atoms with Crippen molar-refractivity contribution in [2.45, 2.75) is 64.5 Å². The summed E-state index contributed by atoms with van der Waals surface area (Å²) in [6, 6.07) is 2.32. The number of nitrogens with zero attached hydrogens (tertiary/aromatic N) is 3. The fourth-order valence-electron chi connectivity index (χ4n) is 3.58. The van der Waals surface area contributed by atoms with Crippen LogP contribution in [0.5, 0.6) is 0 Å². The average Bonchev–Trinajstić information content (AvgIpc) is 3.06. The third kappa shape index (κ3) is 4.66. The summed E-state index contributed by atoms with van der Waals surface area (Å²) >= 11 is 0. The molecule has 1 atom stereocenters. The topological polar surface area (TPSA) is 67.4 Å². The van der Waals surface area contributed by atoms with Crippen LogP contribution in [-0.4, -0.2) is 47.7 Å². The number of anilines is 1. The third-order valence-electron chi connectivity index (χ3n) is 4.85. The van der Waals surface area contributed by atoms with Crippen LogP contribution in [0.2, 0.25) is 0 Å². The van der Waals surface area contributed by atoms with Gasteiger partial charge in [-0.2, -0.15) is 0 Å². The van der Waals surface area contributed by atoms with Gasteiger partial charge in [-0.15, -0.1) is 0 Å². The van der Waals surface area contributed by atoms with Crippen LogP contribution in [0.25, 0.3) is 0 Å². The zero-order valence-corrected chi connectivity index (χ0v) is 14.8. The van der Waals surface area contributed by atoms with E-state index in [0.717, 1.165) is 69.1 Å². The van der Waals surface area contributed by atoms with Crippen molar-refractivity contribution in [1.29, 1.82) is 0 Å². The molecule has 0 unspecified atom stereocenters. The van der Waals surface area contributed by atoms with Gasteiger partial charge in [0.1, 0.15) is 11.6 Å². The van der Waals surface area contributed by atoms with Crippen molar-refractivity contribution in [3.63, 3.8) is 0 Å². The highest BCUT2D eigenvalue weighted by Crippen LogP contribution is 2.20. The van der Waals surface area contributed by atoms with E-state index in [-0.39, 0.29) is 11.9 Å². The molecule has 1 aromatic heterocycles. The molecule has 3 rings (SSSR count). The zero-order chi connectivity index (χ0) is 16.9. The van der Waals surface area contributed by atoms with Crippen LogP contribution >= 0.6 is 0 Å². The molecular formula is C18H28N4O2. The summed E-state index contributed by atoms with van der Waals surface area (Å²) in [5, 5.41) is 3.18. The Kier molecular flexibility index (Phi) is 5.66. The number of rotatable bonds is 5. The van der Waals surface area contributed by atoms with Crippen LogP contribution in [0.1, 0.15) is 50.0 Å². The molecule has 132 valence electrons. The molecule has 6 nitrogen and oxygen atoms in total. The van der Waals surface area contributed by atoms with Crippen molar-refractivity contribution >= 4 is 11.7 Å². The average molecular weight is 332 g/mol. The van der Waals surface area contributed by atoms with Gasteiger partial charge in [0.15, 0.2) is 0 Å². The van der Waals surface area contributed by atoms with E-state index in [1.807, 2.05) is 19.9 Å². The summed E-state index contributed by atoms with van der Waals surface area (Å²) in [7, 11) is 0.